The average molecular weight is 399 g/mol. The number of benzene rings is 1. The molecule has 2 bridgehead atoms. The van der Waals surface area contributed by atoms with Gasteiger partial charge in [0, 0.05) is 31.4 Å². The van der Waals surface area contributed by atoms with Crippen LogP contribution in [-0.2, 0) is 17.8 Å². The van der Waals surface area contributed by atoms with Crippen LogP contribution in [0.3, 0.4) is 0 Å². The minimum Gasteiger partial charge on any atom is -0.272 e. The Morgan fingerprint density at radius 1 is 1.21 bits per heavy atom. The fraction of sp³-hybridized carbons (Fsp3) is 0.524. The van der Waals surface area contributed by atoms with E-state index in [0.717, 1.165) is 50.4 Å². The van der Waals surface area contributed by atoms with E-state index in [1.165, 1.54) is 17.1 Å². The van der Waals surface area contributed by atoms with Crippen molar-refractivity contribution in [2.24, 2.45) is 15.9 Å². The van der Waals surface area contributed by atoms with E-state index in [2.05, 4.69) is 22.3 Å². The molecule has 2 heterocycles. The third-order valence-electron chi connectivity index (χ3n) is 6.49. The number of hydrazone groups is 1. The van der Waals surface area contributed by atoms with Crippen molar-refractivity contribution >= 4 is 12.1 Å². The van der Waals surface area contributed by atoms with Gasteiger partial charge in [-0.1, -0.05) is 18.6 Å². The van der Waals surface area contributed by atoms with Gasteiger partial charge in [0.05, 0.1) is 17.2 Å². The second kappa shape index (κ2) is 6.43. The first-order valence-corrected chi connectivity index (χ1v) is 10.1. The third kappa shape index (κ3) is 2.96. The quantitative estimate of drug-likeness (QED) is 0.745. The zero-order valence-corrected chi connectivity index (χ0v) is 16.3. The topological polar surface area (TPSA) is 63.4 Å². The van der Waals surface area contributed by atoms with Crippen LogP contribution in [0.1, 0.15) is 56.3 Å². The smallest absolute Gasteiger partial charge is 0.249 e. The lowest BCUT2D eigenvalue weighted by molar-refractivity contribution is -0.223. The number of rotatable bonds is 6. The number of carbonyl (C=O) groups is 1. The summed E-state index contributed by atoms with van der Waals surface area (Å²) in [6.07, 6.45) is 8.48. The van der Waals surface area contributed by atoms with Gasteiger partial charge in [0.15, 0.2) is 0 Å². The van der Waals surface area contributed by atoms with Gasteiger partial charge in [-0.25, -0.2) is 13.8 Å². The summed E-state index contributed by atoms with van der Waals surface area (Å²) in [6, 6.07) is 2.96. The number of hydrogen-bond donors (Lipinski definition) is 0. The lowest BCUT2D eigenvalue weighted by atomic mass is 9.34. The van der Waals surface area contributed by atoms with Crippen LogP contribution in [-0.4, -0.2) is 32.1 Å². The maximum Gasteiger partial charge on any atom is 0.249 e. The summed E-state index contributed by atoms with van der Waals surface area (Å²) < 4.78 is 29.2. The molecule has 1 unspecified atom stereocenters. The summed E-state index contributed by atoms with van der Waals surface area (Å²) >= 11 is 0. The molecule has 1 amide bonds. The molecule has 0 N–H and O–H groups in total. The zero-order valence-electron chi connectivity index (χ0n) is 16.3. The molecule has 1 atom stereocenters. The van der Waals surface area contributed by atoms with E-state index in [0.29, 0.717) is 12.0 Å². The molecule has 1 aromatic heterocycles. The fourth-order valence-corrected chi connectivity index (χ4v) is 5.42. The molecule has 29 heavy (non-hydrogen) atoms. The van der Waals surface area contributed by atoms with Crippen LogP contribution in [0.4, 0.5) is 8.78 Å². The van der Waals surface area contributed by atoms with Crippen LogP contribution in [0.2, 0.25) is 0 Å². The molecule has 6 nitrogen and oxygen atoms in total. The van der Waals surface area contributed by atoms with Gasteiger partial charge in [0.2, 0.25) is 5.91 Å². The second-order valence-corrected chi connectivity index (χ2v) is 8.87. The van der Waals surface area contributed by atoms with Gasteiger partial charge in [-0.2, -0.15) is 5.10 Å². The van der Waals surface area contributed by atoms with Crippen molar-refractivity contribution in [3.8, 4) is 0 Å². The first-order chi connectivity index (χ1) is 13.9. The zero-order chi connectivity index (χ0) is 20.2. The van der Waals surface area contributed by atoms with Gasteiger partial charge in [0.25, 0.3) is 0 Å². The minimum atomic E-state index is -0.640. The van der Waals surface area contributed by atoms with Crippen LogP contribution in [0.25, 0.3) is 0 Å². The molecule has 3 aliphatic carbocycles. The van der Waals surface area contributed by atoms with E-state index in [1.54, 1.807) is 6.21 Å². The number of halogens is 2. The Morgan fingerprint density at radius 2 is 1.93 bits per heavy atom. The van der Waals surface area contributed by atoms with Crippen molar-refractivity contribution in [3.05, 3.63) is 47.3 Å². The van der Waals surface area contributed by atoms with Gasteiger partial charge >= 0.3 is 0 Å². The van der Waals surface area contributed by atoms with E-state index in [4.69, 9.17) is 0 Å². The SMILES string of the molecule is CCCc1cn(CC23CC(C(=O)N4N=CCC4c4cc(F)cc(F)c4)(C2)C3)nn1. The molecule has 6 rings (SSSR count). The highest BCUT2D eigenvalue weighted by atomic mass is 19.1. The summed E-state index contributed by atoms with van der Waals surface area (Å²) in [5, 5.41) is 14.1. The van der Waals surface area contributed by atoms with Crippen molar-refractivity contribution in [1.82, 2.24) is 20.0 Å². The molecule has 1 aliphatic heterocycles. The number of amides is 1. The van der Waals surface area contributed by atoms with Crippen LogP contribution in [0.5, 0.6) is 0 Å². The molecule has 0 radical (unpaired) electrons. The van der Waals surface area contributed by atoms with E-state index in [1.807, 2.05) is 10.9 Å². The fourth-order valence-electron chi connectivity index (χ4n) is 5.42. The second-order valence-electron chi connectivity index (χ2n) is 8.87. The summed E-state index contributed by atoms with van der Waals surface area (Å²) in [6.45, 7) is 2.89. The first kappa shape index (κ1) is 18.4. The lowest BCUT2D eigenvalue weighted by Gasteiger charge is -2.69. The minimum absolute atomic E-state index is 0.0342. The normalized spacial score (nSPS) is 29.6. The van der Waals surface area contributed by atoms with Crippen LogP contribution in [0.15, 0.2) is 29.5 Å². The molecule has 0 spiro atoms. The molecular weight excluding hydrogens is 376 g/mol. The Morgan fingerprint density at radius 3 is 2.62 bits per heavy atom. The summed E-state index contributed by atoms with van der Waals surface area (Å²) in [7, 11) is 0. The Balaban J connectivity index is 1.26. The van der Waals surface area contributed by atoms with Gasteiger partial charge in [-0.15, -0.1) is 5.10 Å². The Labute approximate surface area is 167 Å². The highest BCUT2D eigenvalue weighted by Crippen LogP contribution is 2.74. The summed E-state index contributed by atoms with van der Waals surface area (Å²) in [5.74, 6) is -1.31. The van der Waals surface area contributed by atoms with E-state index in [-0.39, 0.29) is 11.3 Å². The molecule has 3 fully saturated rings. The number of hydrogen-bond acceptors (Lipinski definition) is 4. The highest BCUT2D eigenvalue weighted by Gasteiger charge is 2.72. The van der Waals surface area contributed by atoms with Crippen LogP contribution < -0.4 is 0 Å². The molecule has 4 aliphatic rings. The van der Waals surface area contributed by atoms with Gasteiger partial charge in [0.1, 0.15) is 11.6 Å². The van der Waals surface area contributed by atoms with Crippen molar-refractivity contribution in [3.63, 3.8) is 0 Å². The molecule has 3 saturated carbocycles. The largest absolute Gasteiger partial charge is 0.272 e. The first-order valence-electron chi connectivity index (χ1n) is 10.1. The van der Waals surface area contributed by atoms with Crippen molar-refractivity contribution in [1.29, 1.82) is 0 Å². The maximum atomic E-state index is 13.6. The average Bonchev–Trinajstić information content (AvgIpc) is 3.25. The summed E-state index contributed by atoms with van der Waals surface area (Å²) in [4.78, 5) is 13.2. The van der Waals surface area contributed by atoms with Crippen molar-refractivity contribution in [2.75, 3.05) is 0 Å². The van der Waals surface area contributed by atoms with Crippen molar-refractivity contribution < 1.29 is 13.6 Å². The number of aryl methyl sites for hydroxylation is 1. The lowest BCUT2D eigenvalue weighted by Crippen LogP contribution is -2.68. The van der Waals surface area contributed by atoms with E-state index < -0.39 is 23.1 Å². The molecule has 0 saturated heterocycles. The molecule has 2 aromatic rings. The van der Waals surface area contributed by atoms with Crippen LogP contribution in [0, 0.1) is 22.5 Å². The molecule has 8 heteroatoms. The number of carbonyl (C=O) groups excluding carboxylic acids is 1. The number of nitrogens with zero attached hydrogens (tertiary/aromatic N) is 5. The van der Waals surface area contributed by atoms with E-state index in [9.17, 15) is 13.6 Å². The summed E-state index contributed by atoms with van der Waals surface area (Å²) in [5.41, 5.74) is 1.16. The monoisotopic (exact) mass is 399 g/mol. The predicted molar refractivity (Wildman–Crippen MR) is 102 cm³/mol. The number of aromatic nitrogens is 3. The maximum absolute atomic E-state index is 13.6. The van der Waals surface area contributed by atoms with Crippen molar-refractivity contribution in [2.45, 2.75) is 58.0 Å². The molecule has 152 valence electrons. The van der Waals surface area contributed by atoms with Crippen LogP contribution >= 0.6 is 0 Å². The predicted octanol–water partition coefficient (Wildman–Crippen LogP) is 3.64. The highest BCUT2D eigenvalue weighted by molar-refractivity contribution is 5.88. The van der Waals surface area contributed by atoms with E-state index >= 15 is 0 Å². The molecule has 1 aromatic carbocycles. The van der Waals surface area contributed by atoms with Gasteiger partial charge in [-0.05, 0) is 48.8 Å². The molecular formula is C21H23F2N5O. The van der Waals surface area contributed by atoms with Gasteiger partial charge in [-0.3, -0.25) is 9.48 Å². The Kier molecular flexibility index (Phi) is 4.08. The van der Waals surface area contributed by atoms with Gasteiger partial charge < -0.3 is 0 Å². The third-order valence-corrected chi connectivity index (χ3v) is 6.49. The standard InChI is InChI=1S/C21H23F2N5O/c1-2-3-17-9-27(26-25-17)13-20-10-21(11-20,12-20)19(29)28-18(4-5-24-28)14-6-15(22)8-16(23)7-14/h5-9,18H,2-4,10-13H2,1H3. The Bertz CT molecular complexity index is 961. The Hall–Kier alpha value is -2.64.